The molecule has 4 N–H and O–H groups in total. The Morgan fingerprint density at radius 3 is 2.21 bits per heavy atom. The molecule has 2 amide bonds. The van der Waals surface area contributed by atoms with Crippen molar-refractivity contribution in [3.63, 3.8) is 0 Å². The Balaban J connectivity index is 2.50. The summed E-state index contributed by atoms with van der Waals surface area (Å²) in [7, 11) is 0. The molecule has 1 rings (SSSR count). The lowest BCUT2D eigenvalue weighted by Gasteiger charge is -2.08. The third kappa shape index (κ3) is 4.42. The molecule has 0 fully saturated rings. The molecule has 0 spiro atoms. The number of rotatable bonds is 6. The van der Waals surface area contributed by atoms with Crippen molar-refractivity contribution >= 4 is 17.8 Å². The first kappa shape index (κ1) is 14.7. The zero-order valence-corrected chi connectivity index (χ0v) is 10.6. The third-order valence-electron chi connectivity index (χ3n) is 2.72. The molecule has 1 aromatic carbocycles. The van der Waals surface area contributed by atoms with E-state index < -0.39 is 17.8 Å². The number of nitrogens with one attached hydrogen (secondary N) is 1. The van der Waals surface area contributed by atoms with Crippen LogP contribution in [0.3, 0.4) is 0 Å². The van der Waals surface area contributed by atoms with Crippen LogP contribution in [0.5, 0.6) is 0 Å². The first-order valence-corrected chi connectivity index (χ1v) is 5.82. The SMILES string of the molecule is CC(CCNC(=O)c1ccc(C(N)=O)cc1)C(=O)O. The lowest BCUT2D eigenvalue weighted by molar-refractivity contribution is -0.141. The molecule has 0 aromatic heterocycles. The highest BCUT2D eigenvalue weighted by Crippen LogP contribution is 2.04. The van der Waals surface area contributed by atoms with Gasteiger partial charge in [0.1, 0.15) is 0 Å². The topological polar surface area (TPSA) is 109 Å². The summed E-state index contributed by atoms with van der Waals surface area (Å²) in [5, 5.41) is 11.3. The van der Waals surface area contributed by atoms with Gasteiger partial charge in [0.05, 0.1) is 5.92 Å². The van der Waals surface area contributed by atoms with Gasteiger partial charge < -0.3 is 16.2 Å². The van der Waals surface area contributed by atoms with E-state index in [0.717, 1.165) is 0 Å². The number of hydrogen-bond donors (Lipinski definition) is 3. The van der Waals surface area contributed by atoms with Gasteiger partial charge in [0, 0.05) is 17.7 Å². The van der Waals surface area contributed by atoms with Crippen LogP contribution in [0, 0.1) is 5.92 Å². The lowest BCUT2D eigenvalue weighted by atomic mass is 10.1. The number of primary amides is 1. The van der Waals surface area contributed by atoms with Crippen molar-refractivity contribution < 1.29 is 19.5 Å². The number of aliphatic carboxylic acids is 1. The summed E-state index contributed by atoms with van der Waals surface area (Å²) in [5.74, 6) is -2.26. The monoisotopic (exact) mass is 264 g/mol. The van der Waals surface area contributed by atoms with Gasteiger partial charge in [0.2, 0.25) is 5.91 Å². The van der Waals surface area contributed by atoms with Crippen LogP contribution in [-0.2, 0) is 4.79 Å². The largest absolute Gasteiger partial charge is 0.481 e. The van der Waals surface area contributed by atoms with Crippen LogP contribution in [-0.4, -0.2) is 29.4 Å². The minimum Gasteiger partial charge on any atom is -0.481 e. The van der Waals surface area contributed by atoms with Crippen molar-refractivity contribution in [2.75, 3.05) is 6.54 Å². The predicted octanol–water partition coefficient (Wildman–Crippen LogP) is 0.626. The van der Waals surface area contributed by atoms with Gasteiger partial charge in [-0.15, -0.1) is 0 Å². The van der Waals surface area contributed by atoms with Crippen molar-refractivity contribution in [2.45, 2.75) is 13.3 Å². The van der Waals surface area contributed by atoms with Gasteiger partial charge in [-0.25, -0.2) is 0 Å². The fourth-order valence-electron chi connectivity index (χ4n) is 1.41. The number of carbonyl (C=O) groups is 3. The van der Waals surface area contributed by atoms with E-state index in [1.54, 1.807) is 6.92 Å². The van der Waals surface area contributed by atoms with Gasteiger partial charge in [-0.2, -0.15) is 0 Å². The van der Waals surface area contributed by atoms with Crippen LogP contribution in [0.15, 0.2) is 24.3 Å². The Morgan fingerprint density at radius 2 is 1.74 bits per heavy atom. The fourth-order valence-corrected chi connectivity index (χ4v) is 1.41. The Labute approximate surface area is 110 Å². The number of nitrogens with two attached hydrogens (primary N) is 1. The standard InChI is InChI=1S/C13H16N2O4/c1-8(13(18)19)6-7-15-12(17)10-4-2-9(3-5-10)11(14)16/h2-5,8H,6-7H2,1H3,(H2,14,16)(H,15,17)(H,18,19). The predicted molar refractivity (Wildman–Crippen MR) is 68.7 cm³/mol. The van der Waals surface area contributed by atoms with Crippen molar-refractivity contribution in [3.8, 4) is 0 Å². The molecule has 102 valence electrons. The van der Waals surface area contributed by atoms with Crippen LogP contribution in [0.2, 0.25) is 0 Å². The van der Waals surface area contributed by atoms with Gasteiger partial charge in [0.25, 0.3) is 5.91 Å². The van der Waals surface area contributed by atoms with Gasteiger partial charge in [-0.05, 0) is 30.7 Å². The second-order valence-corrected chi connectivity index (χ2v) is 4.23. The molecule has 1 unspecified atom stereocenters. The molecule has 19 heavy (non-hydrogen) atoms. The molecule has 0 saturated heterocycles. The summed E-state index contributed by atoms with van der Waals surface area (Å²) in [4.78, 5) is 33.2. The first-order chi connectivity index (χ1) is 8.91. The zero-order valence-electron chi connectivity index (χ0n) is 10.6. The number of carbonyl (C=O) groups excluding carboxylic acids is 2. The highest BCUT2D eigenvalue weighted by molar-refractivity contribution is 5.97. The maximum atomic E-state index is 11.7. The average Bonchev–Trinajstić information content (AvgIpc) is 2.38. The molecule has 6 nitrogen and oxygen atoms in total. The van der Waals surface area contributed by atoms with Crippen LogP contribution >= 0.6 is 0 Å². The van der Waals surface area contributed by atoms with Crippen LogP contribution < -0.4 is 11.1 Å². The molecule has 6 heteroatoms. The molecule has 1 atom stereocenters. The van der Waals surface area contributed by atoms with E-state index in [0.29, 0.717) is 17.5 Å². The van der Waals surface area contributed by atoms with Crippen LogP contribution in [0.1, 0.15) is 34.1 Å². The highest BCUT2D eigenvalue weighted by atomic mass is 16.4. The minimum absolute atomic E-state index is 0.282. The summed E-state index contributed by atoms with van der Waals surface area (Å²) in [6, 6.07) is 5.93. The number of carboxylic acids is 1. The smallest absolute Gasteiger partial charge is 0.306 e. The zero-order chi connectivity index (χ0) is 14.4. The van der Waals surface area contributed by atoms with Crippen LogP contribution in [0.25, 0.3) is 0 Å². The molecule has 0 radical (unpaired) electrons. The van der Waals surface area contributed by atoms with E-state index in [-0.39, 0.29) is 12.5 Å². The van der Waals surface area contributed by atoms with E-state index in [2.05, 4.69) is 5.32 Å². The molecular weight excluding hydrogens is 248 g/mol. The average molecular weight is 264 g/mol. The Morgan fingerprint density at radius 1 is 1.21 bits per heavy atom. The maximum Gasteiger partial charge on any atom is 0.306 e. The van der Waals surface area contributed by atoms with Crippen molar-refractivity contribution in [2.24, 2.45) is 11.7 Å². The summed E-state index contributed by atoms with van der Waals surface area (Å²) >= 11 is 0. The molecule has 1 aromatic rings. The molecule has 0 aliphatic carbocycles. The molecule has 0 aliphatic rings. The summed E-state index contributed by atoms with van der Waals surface area (Å²) in [6.07, 6.45) is 0.362. The van der Waals surface area contributed by atoms with E-state index in [1.165, 1.54) is 24.3 Å². The van der Waals surface area contributed by atoms with Crippen molar-refractivity contribution in [1.82, 2.24) is 5.32 Å². The number of benzene rings is 1. The molecule has 0 saturated carbocycles. The Bertz CT molecular complexity index is 482. The molecule has 0 heterocycles. The second-order valence-electron chi connectivity index (χ2n) is 4.23. The highest BCUT2D eigenvalue weighted by Gasteiger charge is 2.11. The van der Waals surface area contributed by atoms with Crippen molar-refractivity contribution in [3.05, 3.63) is 35.4 Å². The number of carboxylic acid groups (broad SMARTS) is 1. The van der Waals surface area contributed by atoms with E-state index in [1.807, 2.05) is 0 Å². The molecule has 0 aliphatic heterocycles. The van der Waals surface area contributed by atoms with E-state index in [9.17, 15) is 14.4 Å². The van der Waals surface area contributed by atoms with Gasteiger partial charge in [0.15, 0.2) is 0 Å². The van der Waals surface area contributed by atoms with Crippen LogP contribution in [0.4, 0.5) is 0 Å². The second kappa shape index (κ2) is 6.53. The Kier molecular flexibility index (Phi) is 5.05. The minimum atomic E-state index is -0.889. The third-order valence-corrected chi connectivity index (χ3v) is 2.72. The summed E-state index contributed by atoms with van der Waals surface area (Å²) in [6.45, 7) is 1.86. The van der Waals surface area contributed by atoms with E-state index >= 15 is 0 Å². The normalized spacial score (nSPS) is 11.6. The van der Waals surface area contributed by atoms with Gasteiger partial charge in [-0.3, -0.25) is 14.4 Å². The van der Waals surface area contributed by atoms with Gasteiger partial charge in [-0.1, -0.05) is 6.92 Å². The van der Waals surface area contributed by atoms with Gasteiger partial charge >= 0.3 is 5.97 Å². The van der Waals surface area contributed by atoms with E-state index in [4.69, 9.17) is 10.8 Å². The van der Waals surface area contributed by atoms with Crippen molar-refractivity contribution in [1.29, 1.82) is 0 Å². The number of amides is 2. The summed E-state index contributed by atoms with van der Waals surface area (Å²) < 4.78 is 0. The Hall–Kier alpha value is -2.37. The first-order valence-electron chi connectivity index (χ1n) is 5.82. The maximum absolute atomic E-state index is 11.7. The summed E-state index contributed by atoms with van der Waals surface area (Å²) in [5.41, 5.74) is 5.81. The number of hydrogen-bond acceptors (Lipinski definition) is 3. The quantitative estimate of drug-likeness (QED) is 0.699. The lowest BCUT2D eigenvalue weighted by Crippen LogP contribution is -2.27. The molecular formula is C13H16N2O4. The fraction of sp³-hybridized carbons (Fsp3) is 0.308. The molecule has 0 bridgehead atoms.